The van der Waals surface area contributed by atoms with Crippen LogP contribution in [-0.4, -0.2) is 16.8 Å². The van der Waals surface area contributed by atoms with Gasteiger partial charge in [-0.1, -0.05) is 11.6 Å². The number of benzene rings is 3. The first-order chi connectivity index (χ1) is 13.1. The summed E-state index contributed by atoms with van der Waals surface area (Å²) >= 11 is 5.81. The maximum atomic E-state index is 13.2. The van der Waals surface area contributed by atoms with Crippen LogP contribution in [0.2, 0.25) is 5.02 Å². The largest absolute Gasteiger partial charge is 0.277 e. The molecule has 0 spiro atoms. The molecule has 28 heavy (non-hydrogen) atoms. The summed E-state index contributed by atoms with van der Waals surface area (Å²) in [6.07, 6.45) is 0. The fourth-order valence-electron chi connectivity index (χ4n) is 2.37. The molecule has 0 amide bonds. The van der Waals surface area contributed by atoms with Crippen molar-refractivity contribution in [1.29, 1.82) is 0 Å². The highest BCUT2D eigenvalue weighted by Crippen LogP contribution is 2.31. The van der Waals surface area contributed by atoms with Crippen molar-refractivity contribution in [1.82, 2.24) is 0 Å². The van der Waals surface area contributed by atoms with E-state index in [-0.39, 0.29) is 14.4 Å². The molecule has 3 rings (SSSR count). The van der Waals surface area contributed by atoms with Gasteiger partial charge in [-0.15, -0.1) is 0 Å². The number of sulfonamides is 2. The third kappa shape index (κ3) is 3.87. The lowest BCUT2D eigenvalue weighted by Crippen LogP contribution is -2.37. The molecule has 0 heterocycles. The lowest BCUT2D eigenvalue weighted by molar-refractivity contribution is 0.583. The van der Waals surface area contributed by atoms with E-state index in [2.05, 4.69) is 0 Å². The number of hydrogen-bond donors (Lipinski definition) is 0. The highest BCUT2D eigenvalue weighted by atomic mass is 35.5. The van der Waals surface area contributed by atoms with Crippen molar-refractivity contribution in [2.24, 2.45) is 0 Å². The van der Waals surface area contributed by atoms with Gasteiger partial charge in [0.15, 0.2) is 0 Å². The van der Waals surface area contributed by atoms with Crippen LogP contribution < -0.4 is 3.71 Å². The van der Waals surface area contributed by atoms with Crippen molar-refractivity contribution in [2.45, 2.75) is 9.79 Å². The second-order valence-corrected chi connectivity index (χ2v) is 9.83. The first-order valence-corrected chi connectivity index (χ1v) is 11.0. The highest BCUT2D eigenvalue weighted by Gasteiger charge is 2.37. The monoisotopic (exact) mass is 443 g/mol. The lowest BCUT2D eigenvalue weighted by atomic mass is 10.3. The number of nitrogens with zero attached hydrogens (tertiary/aromatic N) is 1. The van der Waals surface area contributed by atoms with Gasteiger partial charge in [0.1, 0.15) is 11.6 Å². The van der Waals surface area contributed by atoms with Gasteiger partial charge in [-0.2, -0.15) is 3.71 Å². The molecule has 3 aromatic carbocycles. The molecule has 10 heteroatoms. The maximum absolute atomic E-state index is 13.2. The van der Waals surface area contributed by atoms with E-state index in [0.29, 0.717) is 0 Å². The maximum Gasteiger partial charge on any atom is 0.277 e. The Morgan fingerprint density at radius 2 is 0.964 bits per heavy atom. The molecule has 0 aliphatic rings. The van der Waals surface area contributed by atoms with Gasteiger partial charge in [0.05, 0.1) is 15.5 Å². The first kappa shape index (κ1) is 20.2. The predicted octanol–water partition coefficient (Wildman–Crippen LogP) is 4.20. The molecule has 5 nitrogen and oxygen atoms in total. The van der Waals surface area contributed by atoms with E-state index in [1.54, 1.807) is 0 Å². The summed E-state index contributed by atoms with van der Waals surface area (Å²) in [5.41, 5.74) is -0.210. The van der Waals surface area contributed by atoms with Gasteiger partial charge in [-0.25, -0.2) is 25.6 Å². The molecule has 0 saturated heterocycles. The Hall–Kier alpha value is -2.49. The van der Waals surface area contributed by atoms with Gasteiger partial charge >= 0.3 is 0 Å². The fraction of sp³-hybridized carbons (Fsp3) is 0. The Labute approximate surface area is 165 Å². The zero-order valence-corrected chi connectivity index (χ0v) is 16.3. The minimum atomic E-state index is -4.66. The topological polar surface area (TPSA) is 71.5 Å². The van der Waals surface area contributed by atoms with Crippen molar-refractivity contribution in [3.63, 3.8) is 0 Å². The zero-order valence-electron chi connectivity index (χ0n) is 14.0. The Morgan fingerprint density at radius 3 is 1.32 bits per heavy atom. The molecule has 0 atom stereocenters. The van der Waals surface area contributed by atoms with Gasteiger partial charge in [-0.3, -0.25) is 0 Å². The molecule has 0 radical (unpaired) electrons. The van der Waals surface area contributed by atoms with Crippen LogP contribution in [0.5, 0.6) is 0 Å². The SMILES string of the molecule is O=S(=O)(c1ccc(F)cc1)N(c1ccc(Cl)cc1)S(=O)(=O)c1ccc(F)cc1. The van der Waals surface area contributed by atoms with E-state index in [9.17, 15) is 25.6 Å². The van der Waals surface area contributed by atoms with Crippen molar-refractivity contribution >= 4 is 37.3 Å². The summed E-state index contributed by atoms with van der Waals surface area (Å²) in [4.78, 5) is -0.871. The van der Waals surface area contributed by atoms with Crippen LogP contribution in [0.25, 0.3) is 0 Å². The Balaban J connectivity index is 2.24. The van der Waals surface area contributed by atoms with Crippen molar-refractivity contribution in [3.8, 4) is 0 Å². The molecule has 0 fully saturated rings. The Bertz CT molecular complexity index is 1120. The molecule has 3 aromatic rings. The average Bonchev–Trinajstić information content (AvgIpc) is 2.64. The van der Waals surface area contributed by atoms with E-state index >= 15 is 0 Å². The standard InChI is InChI=1S/C18H12ClF2NO4S2/c19-13-1-7-16(8-2-13)22(27(23,24)17-9-3-14(20)4-10-17)28(25,26)18-11-5-15(21)6-12-18/h1-12H. The molecular weight excluding hydrogens is 432 g/mol. The third-order valence-electron chi connectivity index (χ3n) is 3.70. The molecule has 146 valence electrons. The molecule has 0 bridgehead atoms. The van der Waals surface area contributed by atoms with Gasteiger partial charge in [0.2, 0.25) is 0 Å². The van der Waals surface area contributed by atoms with Crippen LogP contribution in [0.1, 0.15) is 0 Å². The zero-order chi connectivity index (χ0) is 20.5. The van der Waals surface area contributed by atoms with Gasteiger partial charge in [0.25, 0.3) is 20.0 Å². The van der Waals surface area contributed by atoms with E-state index < -0.39 is 41.5 Å². The third-order valence-corrected chi connectivity index (χ3v) is 8.16. The fourth-order valence-corrected chi connectivity index (χ4v) is 6.19. The molecule has 0 N–H and O–H groups in total. The number of hydrogen-bond acceptors (Lipinski definition) is 4. The summed E-state index contributed by atoms with van der Waals surface area (Å²) < 4.78 is 79.1. The van der Waals surface area contributed by atoms with E-state index in [4.69, 9.17) is 11.6 Å². The van der Waals surface area contributed by atoms with Gasteiger partial charge in [0, 0.05) is 5.02 Å². The quantitative estimate of drug-likeness (QED) is 0.592. The van der Waals surface area contributed by atoms with E-state index in [1.165, 1.54) is 24.3 Å². The molecule has 0 aliphatic carbocycles. The van der Waals surface area contributed by atoms with Crippen LogP contribution in [-0.2, 0) is 20.0 Å². The van der Waals surface area contributed by atoms with Crippen molar-refractivity contribution in [3.05, 3.63) is 89.5 Å². The summed E-state index contributed by atoms with van der Waals surface area (Å²) in [7, 11) is -9.32. The number of rotatable bonds is 5. The Kier molecular flexibility index (Phi) is 5.42. The lowest BCUT2D eigenvalue weighted by Gasteiger charge is -2.24. The summed E-state index contributed by atoms with van der Waals surface area (Å²) in [5.74, 6) is -1.36. The van der Waals surface area contributed by atoms with Crippen LogP contribution in [0.4, 0.5) is 14.5 Å². The number of halogens is 3. The van der Waals surface area contributed by atoms with E-state index in [0.717, 1.165) is 48.5 Å². The molecule has 0 aromatic heterocycles. The molecule has 0 aliphatic heterocycles. The molecule has 0 saturated carbocycles. The van der Waals surface area contributed by atoms with E-state index in [1.807, 2.05) is 0 Å². The minimum Gasteiger partial charge on any atom is -0.207 e. The minimum absolute atomic E-state index is 0.205. The van der Waals surface area contributed by atoms with Crippen molar-refractivity contribution in [2.75, 3.05) is 3.71 Å². The predicted molar refractivity (Wildman–Crippen MR) is 101 cm³/mol. The van der Waals surface area contributed by atoms with Crippen LogP contribution >= 0.6 is 11.6 Å². The molecular formula is C18H12ClF2NO4S2. The smallest absolute Gasteiger partial charge is 0.207 e. The Morgan fingerprint density at radius 1 is 0.607 bits per heavy atom. The highest BCUT2D eigenvalue weighted by molar-refractivity contribution is 8.10. The number of anilines is 1. The van der Waals surface area contributed by atoms with Crippen LogP contribution in [0.15, 0.2) is 82.6 Å². The molecule has 0 unspecified atom stereocenters. The van der Waals surface area contributed by atoms with Crippen LogP contribution in [0, 0.1) is 11.6 Å². The summed E-state index contributed by atoms with van der Waals surface area (Å²) in [5, 5.41) is 0.266. The first-order valence-electron chi connectivity index (χ1n) is 7.69. The van der Waals surface area contributed by atoms with Gasteiger partial charge < -0.3 is 0 Å². The second-order valence-electron chi connectivity index (χ2n) is 5.59. The van der Waals surface area contributed by atoms with Crippen molar-refractivity contribution < 1.29 is 25.6 Å². The average molecular weight is 444 g/mol. The van der Waals surface area contributed by atoms with Crippen LogP contribution in [0.3, 0.4) is 0 Å². The van der Waals surface area contributed by atoms with Gasteiger partial charge in [-0.05, 0) is 72.8 Å². The normalized spacial score (nSPS) is 12.0. The summed E-state index contributed by atoms with van der Waals surface area (Å²) in [6, 6.07) is 12.5. The summed E-state index contributed by atoms with van der Waals surface area (Å²) in [6.45, 7) is 0. The second kappa shape index (κ2) is 7.50.